The highest BCUT2D eigenvalue weighted by atomic mass is 16.3. The van der Waals surface area contributed by atoms with Crippen LogP contribution in [-0.4, -0.2) is 16.8 Å². The molecule has 1 unspecified atom stereocenters. The molecule has 0 saturated heterocycles. The second kappa shape index (κ2) is 7.22. The fourth-order valence-corrected chi connectivity index (χ4v) is 4.34. The molecule has 0 aliphatic carbocycles. The number of ketones is 1. The van der Waals surface area contributed by atoms with Crippen LogP contribution in [-0.2, 0) is 16.9 Å². The molecule has 4 aromatic rings. The van der Waals surface area contributed by atoms with E-state index >= 15 is 0 Å². The van der Waals surface area contributed by atoms with E-state index in [1.165, 1.54) is 0 Å². The molecule has 1 amide bonds. The van der Waals surface area contributed by atoms with Gasteiger partial charge in [-0.1, -0.05) is 60.7 Å². The Labute approximate surface area is 179 Å². The molecule has 0 radical (unpaired) electrons. The summed E-state index contributed by atoms with van der Waals surface area (Å²) in [6.07, 6.45) is -0.373. The summed E-state index contributed by atoms with van der Waals surface area (Å²) in [5, 5.41) is 13.6. The highest BCUT2D eigenvalue weighted by Crippen LogP contribution is 2.44. The number of amides is 1. The molecule has 5 nitrogen and oxygen atoms in total. The van der Waals surface area contributed by atoms with Gasteiger partial charge in [-0.15, -0.1) is 0 Å². The van der Waals surface area contributed by atoms with Gasteiger partial charge < -0.3 is 14.4 Å². The molecular weight excluding hydrogens is 390 g/mol. The molecule has 1 aliphatic rings. The number of furan rings is 1. The van der Waals surface area contributed by atoms with Crippen LogP contribution >= 0.6 is 0 Å². The minimum absolute atomic E-state index is 0.142. The fourth-order valence-electron chi connectivity index (χ4n) is 4.34. The molecule has 154 valence electrons. The number of fused-ring (bicyclic) bond motifs is 2. The average Bonchev–Trinajstić information content (AvgIpc) is 3.30. The second-order valence-electron chi connectivity index (χ2n) is 7.92. The maximum absolute atomic E-state index is 13.5. The third-order valence-corrected chi connectivity index (χ3v) is 5.88. The lowest BCUT2D eigenvalue weighted by molar-refractivity contribution is -0.136. The van der Waals surface area contributed by atoms with Crippen molar-refractivity contribution in [1.29, 1.82) is 0 Å². The van der Waals surface area contributed by atoms with Crippen molar-refractivity contribution in [3.05, 3.63) is 102 Å². The third-order valence-electron chi connectivity index (χ3n) is 5.88. The SMILES string of the molecule is Cc1ccc(C(=O)CC2(O)C(=O)N(Cc3cccc4ccccc34)c3ccccc32)o1. The number of para-hydroxylation sites is 1. The lowest BCUT2D eigenvalue weighted by atomic mass is 9.89. The van der Waals surface area contributed by atoms with Crippen molar-refractivity contribution in [1.82, 2.24) is 0 Å². The lowest BCUT2D eigenvalue weighted by Gasteiger charge is -2.23. The summed E-state index contributed by atoms with van der Waals surface area (Å²) in [4.78, 5) is 27.8. The van der Waals surface area contributed by atoms with Gasteiger partial charge in [0.05, 0.1) is 18.7 Å². The highest BCUT2D eigenvalue weighted by molar-refractivity contribution is 6.10. The van der Waals surface area contributed by atoms with E-state index in [9.17, 15) is 14.7 Å². The van der Waals surface area contributed by atoms with Crippen molar-refractivity contribution in [3.63, 3.8) is 0 Å². The van der Waals surface area contributed by atoms with Gasteiger partial charge in [0.15, 0.2) is 11.4 Å². The molecule has 0 saturated carbocycles. The molecule has 1 atom stereocenters. The molecule has 0 spiro atoms. The zero-order valence-corrected chi connectivity index (χ0v) is 17.0. The number of rotatable bonds is 5. The number of nitrogens with zero attached hydrogens (tertiary/aromatic N) is 1. The summed E-state index contributed by atoms with van der Waals surface area (Å²) in [6, 6.07) is 24.3. The van der Waals surface area contributed by atoms with Crippen molar-refractivity contribution in [2.75, 3.05) is 4.90 Å². The minimum atomic E-state index is -1.93. The molecule has 1 aliphatic heterocycles. The van der Waals surface area contributed by atoms with Crippen LogP contribution in [0.2, 0.25) is 0 Å². The van der Waals surface area contributed by atoms with E-state index in [1.54, 1.807) is 42.2 Å². The normalized spacial score (nSPS) is 17.9. The predicted octanol–water partition coefficient (Wildman–Crippen LogP) is 4.75. The lowest BCUT2D eigenvalue weighted by Crippen LogP contribution is -2.41. The number of carbonyl (C=O) groups excluding carboxylic acids is 2. The topological polar surface area (TPSA) is 70.8 Å². The van der Waals surface area contributed by atoms with Crippen LogP contribution < -0.4 is 4.90 Å². The van der Waals surface area contributed by atoms with Gasteiger partial charge in [-0.3, -0.25) is 9.59 Å². The molecule has 1 N–H and O–H groups in total. The Balaban J connectivity index is 1.53. The van der Waals surface area contributed by atoms with E-state index < -0.39 is 17.3 Å². The van der Waals surface area contributed by atoms with Crippen molar-refractivity contribution in [3.8, 4) is 0 Å². The second-order valence-corrected chi connectivity index (χ2v) is 7.92. The van der Waals surface area contributed by atoms with E-state index in [1.807, 2.05) is 48.5 Å². The maximum atomic E-state index is 13.5. The number of aliphatic hydroxyl groups is 1. The molecule has 0 fully saturated rings. The van der Waals surface area contributed by atoms with E-state index in [-0.39, 0.29) is 12.2 Å². The van der Waals surface area contributed by atoms with Crippen LogP contribution in [0.25, 0.3) is 10.8 Å². The maximum Gasteiger partial charge on any atom is 0.264 e. The van der Waals surface area contributed by atoms with Crippen molar-refractivity contribution >= 4 is 28.2 Å². The standard InChI is InChI=1S/C26H21NO4/c1-17-13-14-24(31-17)23(28)15-26(30)21-11-4-5-12-22(21)27(25(26)29)16-19-9-6-8-18-7-2-3-10-20(18)19/h2-14,30H,15-16H2,1H3. The molecule has 3 aromatic carbocycles. The Morgan fingerprint density at radius 3 is 2.52 bits per heavy atom. The first-order valence-corrected chi connectivity index (χ1v) is 10.2. The van der Waals surface area contributed by atoms with Gasteiger partial charge in [0, 0.05) is 5.56 Å². The molecule has 0 bridgehead atoms. The van der Waals surface area contributed by atoms with Crippen LogP contribution in [0.4, 0.5) is 5.69 Å². The number of hydrogen-bond donors (Lipinski definition) is 1. The summed E-state index contributed by atoms with van der Waals surface area (Å²) in [6.45, 7) is 2.04. The highest BCUT2D eigenvalue weighted by Gasteiger charge is 2.51. The van der Waals surface area contributed by atoms with Crippen molar-refractivity contribution in [2.24, 2.45) is 0 Å². The van der Waals surface area contributed by atoms with Gasteiger partial charge in [0.2, 0.25) is 5.78 Å². The fraction of sp³-hybridized carbons (Fsp3) is 0.154. The van der Waals surface area contributed by atoms with Crippen molar-refractivity contribution in [2.45, 2.75) is 25.5 Å². The van der Waals surface area contributed by atoms with Gasteiger partial charge in [-0.2, -0.15) is 0 Å². The molecule has 5 heteroatoms. The van der Waals surface area contributed by atoms with Gasteiger partial charge in [0.25, 0.3) is 5.91 Å². The number of hydrogen-bond acceptors (Lipinski definition) is 4. The number of aryl methyl sites for hydroxylation is 1. The van der Waals surface area contributed by atoms with Crippen LogP contribution in [0, 0.1) is 6.92 Å². The smallest absolute Gasteiger partial charge is 0.264 e. The molecule has 1 aromatic heterocycles. The van der Waals surface area contributed by atoms with Gasteiger partial charge >= 0.3 is 0 Å². The zero-order valence-electron chi connectivity index (χ0n) is 17.0. The Hall–Kier alpha value is -3.70. The first-order chi connectivity index (χ1) is 15.0. The number of carbonyl (C=O) groups is 2. The molecule has 31 heavy (non-hydrogen) atoms. The molecule has 2 heterocycles. The summed E-state index contributed by atoms with van der Waals surface area (Å²) < 4.78 is 5.41. The predicted molar refractivity (Wildman–Crippen MR) is 118 cm³/mol. The third kappa shape index (κ3) is 3.14. The Morgan fingerprint density at radius 1 is 0.968 bits per heavy atom. The Morgan fingerprint density at radius 2 is 1.71 bits per heavy atom. The van der Waals surface area contributed by atoms with E-state index in [0.717, 1.165) is 16.3 Å². The van der Waals surface area contributed by atoms with E-state index in [4.69, 9.17) is 4.42 Å². The quantitative estimate of drug-likeness (QED) is 0.481. The first kappa shape index (κ1) is 19.3. The van der Waals surface area contributed by atoms with Gasteiger partial charge in [-0.25, -0.2) is 0 Å². The van der Waals surface area contributed by atoms with Gasteiger partial charge in [0.1, 0.15) is 5.76 Å². The van der Waals surface area contributed by atoms with E-state index in [2.05, 4.69) is 0 Å². The summed E-state index contributed by atoms with van der Waals surface area (Å²) >= 11 is 0. The minimum Gasteiger partial charge on any atom is -0.458 e. The average molecular weight is 411 g/mol. The molecular formula is C26H21NO4. The largest absolute Gasteiger partial charge is 0.458 e. The Kier molecular flexibility index (Phi) is 4.49. The van der Waals surface area contributed by atoms with Crippen LogP contribution in [0.1, 0.15) is 33.9 Å². The van der Waals surface area contributed by atoms with Crippen LogP contribution in [0.15, 0.2) is 83.3 Å². The Bertz CT molecular complexity index is 1320. The zero-order chi connectivity index (χ0) is 21.6. The number of Topliss-reactive ketones (excluding diaryl/α,β-unsaturated/α-hetero) is 1. The van der Waals surface area contributed by atoms with Crippen molar-refractivity contribution < 1.29 is 19.1 Å². The first-order valence-electron chi connectivity index (χ1n) is 10.2. The van der Waals surface area contributed by atoms with E-state index in [0.29, 0.717) is 23.6 Å². The van der Waals surface area contributed by atoms with Gasteiger partial charge in [-0.05, 0) is 41.5 Å². The summed E-state index contributed by atoms with van der Waals surface area (Å²) in [5.74, 6) is -0.168. The monoisotopic (exact) mass is 411 g/mol. The molecule has 5 rings (SSSR count). The number of anilines is 1. The van der Waals surface area contributed by atoms with Crippen LogP contribution in [0.5, 0.6) is 0 Å². The summed E-state index contributed by atoms with van der Waals surface area (Å²) in [7, 11) is 0. The number of benzene rings is 3. The van der Waals surface area contributed by atoms with Crippen LogP contribution in [0.3, 0.4) is 0 Å². The summed E-state index contributed by atoms with van der Waals surface area (Å²) in [5.41, 5.74) is 0.0978.